The fourth-order valence-corrected chi connectivity index (χ4v) is 3.64. The molecule has 1 aliphatic carbocycles. The number of nitrogens with one attached hydrogen (secondary N) is 1. The fourth-order valence-electron chi connectivity index (χ4n) is 3.31. The van der Waals surface area contributed by atoms with Crippen molar-refractivity contribution in [3.05, 3.63) is 54.0 Å². The zero-order chi connectivity index (χ0) is 17.6. The van der Waals surface area contributed by atoms with Crippen molar-refractivity contribution in [2.45, 2.75) is 51.6 Å². The van der Waals surface area contributed by atoms with Crippen LogP contribution in [0.1, 0.15) is 55.1 Å². The Morgan fingerprint density at radius 3 is 2.52 bits per heavy atom. The highest BCUT2D eigenvalue weighted by atomic mass is 32.1. The summed E-state index contributed by atoms with van der Waals surface area (Å²) in [5.74, 6) is 0.984. The van der Waals surface area contributed by atoms with Crippen molar-refractivity contribution in [3.8, 4) is 0 Å². The molecule has 1 fully saturated rings. The molecule has 5 heteroatoms. The monoisotopic (exact) mass is 356 g/mol. The SMILES string of the molecule is CC(=O)c1ccc(NC(=S)N(Cc2ccco2)C2CCCCC2)cc1. The summed E-state index contributed by atoms with van der Waals surface area (Å²) in [6.07, 6.45) is 7.81. The minimum Gasteiger partial charge on any atom is -0.467 e. The number of rotatable bonds is 5. The van der Waals surface area contributed by atoms with Crippen LogP contribution >= 0.6 is 12.2 Å². The summed E-state index contributed by atoms with van der Waals surface area (Å²) >= 11 is 5.70. The summed E-state index contributed by atoms with van der Waals surface area (Å²) in [7, 11) is 0. The van der Waals surface area contributed by atoms with E-state index >= 15 is 0 Å². The molecular formula is C20H24N2O2S. The lowest BCUT2D eigenvalue weighted by molar-refractivity contribution is 0.101. The second kappa shape index (κ2) is 8.30. The van der Waals surface area contributed by atoms with Gasteiger partial charge < -0.3 is 14.6 Å². The Morgan fingerprint density at radius 2 is 1.92 bits per heavy atom. The van der Waals surface area contributed by atoms with Gasteiger partial charge in [-0.25, -0.2) is 0 Å². The average molecular weight is 356 g/mol. The van der Waals surface area contributed by atoms with Crippen LogP contribution in [0.3, 0.4) is 0 Å². The van der Waals surface area contributed by atoms with Gasteiger partial charge in [-0.2, -0.15) is 0 Å². The van der Waals surface area contributed by atoms with Crippen LogP contribution in [0, 0.1) is 0 Å². The molecule has 0 aliphatic heterocycles. The molecule has 4 nitrogen and oxygen atoms in total. The largest absolute Gasteiger partial charge is 0.467 e. The van der Waals surface area contributed by atoms with E-state index in [1.165, 1.54) is 19.3 Å². The van der Waals surface area contributed by atoms with Crippen molar-refractivity contribution < 1.29 is 9.21 Å². The number of thiocarbonyl (C=S) groups is 1. The molecule has 1 heterocycles. The number of hydrogen-bond acceptors (Lipinski definition) is 3. The topological polar surface area (TPSA) is 45.5 Å². The summed E-state index contributed by atoms with van der Waals surface area (Å²) in [6, 6.07) is 11.8. The van der Waals surface area contributed by atoms with E-state index in [4.69, 9.17) is 16.6 Å². The Labute approximate surface area is 154 Å². The molecule has 1 aromatic heterocycles. The standard InChI is InChI=1S/C20H24N2O2S/c1-15(23)16-9-11-17(12-10-16)21-20(25)22(14-19-8-5-13-24-19)18-6-3-2-4-7-18/h5,8-13,18H,2-4,6-7,14H2,1H3,(H,21,25). The number of carbonyl (C=O) groups excluding carboxylic acids is 1. The highest BCUT2D eigenvalue weighted by Gasteiger charge is 2.24. The molecule has 1 aromatic carbocycles. The zero-order valence-electron chi connectivity index (χ0n) is 14.5. The number of benzene rings is 1. The van der Waals surface area contributed by atoms with Gasteiger partial charge in [0.25, 0.3) is 0 Å². The van der Waals surface area contributed by atoms with E-state index in [-0.39, 0.29) is 5.78 Å². The molecule has 1 saturated carbocycles. The third-order valence-corrected chi connectivity index (χ3v) is 5.06. The second-order valence-corrected chi connectivity index (χ2v) is 6.95. The third-order valence-electron chi connectivity index (χ3n) is 4.73. The minimum absolute atomic E-state index is 0.0655. The number of hydrogen-bond donors (Lipinski definition) is 1. The molecule has 1 aliphatic rings. The van der Waals surface area contributed by atoms with Crippen molar-refractivity contribution in [2.75, 3.05) is 5.32 Å². The smallest absolute Gasteiger partial charge is 0.174 e. The first-order valence-corrected chi connectivity index (χ1v) is 9.25. The van der Waals surface area contributed by atoms with E-state index in [2.05, 4.69) is 10.2 Å². The number of furan rings is 1. The Bertz CT molecular complexity index is 704. The van der Waals surface area contributed by atoms with Gasteiger partial charge in [0.1, 0.15) is 5.76 Å². The first kappa shape index (κ1) is 17.7. The van der Waals surface area contributed by atoms with Crippen LogP contribution in [0.5, 0.6) is 0 Å². The molecular weight excluding hydrogens is 332 g/mol. The molecule has 0 amide bonds. The van der Waals surface area contributed by atoms with Gasteiger partial charge in [0, 0.05) is 17.3 Å². The maximum Gasteiger partial charge on any atom is 0.174 e. The van der Waals surface area contributed by atoms with Crippen LogP contribution in [0.2, 0.25) is 0 Å². The lowest BCUT2D eigenvalue weighted by atomic mass is 9.94. The maximum atomic E-state index is 11.4. The van der Waals surface area contributed by atoms with E-state index in [1.807, 2.05) is 36.4 Å². The number of nitrogens with zero attached hydrogens (tertiary/aromatic N) is 1. The van der Waals surface area contributed by atoms with Crippen molar-refractivity contribution in [1.29, 1.82) is 0 Å². The number of anilines is 1. The number of ketones is 1. The molecule has 3 rings (SSSR count). The van der Waals surface area contributed by atoms with E-state index in [9.17, 15) is 4.79 Å². The van der Waals surface area contributed by atoms with Crippen molar-refractivity contribution in [3.63, 3.8) is 0 Å². The Morgan fingerprint density at radius 1 is 1.20 bits per heavy atom. The molecule has 2 aromatic rings. The van der Waals surface area contributed by atoms with Gasteiger partial charge in [-0.3, -0.25) is 4.79 Å². The van der Waals surface area contributed by atoms with Crippen LogP contribution in [0.4, 0.5) is 5.69 Å². The maximum absolute atomic E-state index is 11.4. The van der Waals surface area contributed by atoms with Crippen molar-refractivity contribution in [2.24, 2.45) is 0 Å². The van der Waals surface area contributed by atoms with E-state index in [0.717, 1.165) is 24.3 Å². The normalized spacial score (nSPS) is 14.9. The zero-order valence-corrected chi connectivity index (χ0v) is 15.3. The van der Waals surface area contributed by atoms with Crippen LogP contribution in [0.15, 0.2) is 47.1 Å². The molecule has 0 atom stereocenters. The van der Waals surface area contributed by atoms with Crippen LogP contribution in [-0.4, -0.2) is 21.8 Å². The van der Waals surface area contributed by atoms with Crippen molar-refractivity contribution >= 4 is 28.8 Å². The Kier molecular flexibility index (Phi) is 5.87. The molecule has 0 unspecified atom stereocenters. The van der Waals surface area contributed by atoms with Gasteiger partial charge in [0.2, 0.25) is 0 Å². The molecule has 0 radical (unpaired) electrons. The highest BCUT2D eigenvalue weighted by molar-refractivity contribution is 7.80. The van der Waals surface area contributed by atoms with Gasteiger partial charge in [-0.05, 0) is 68.4 Å². The third kappa shape index (κ3) is 4.69. The van der Waals surface area contributed by atoms with E-state index in [1.54, 1.807) is 13.2 Å². The molecule has 1 N–H and O–H groups in total. The molecule has 0 saturated heterocycles. The van der Waals surface area contributed by atoms with Crippen molar-refractivity contribution in [1.82, 2.24) is 4.90 Å². The van der Waals surface area contributed by atoms with Gasteiger partial charge in [0.15, 0.2) is 10.9 Å². The minimum atomic E-state index is 0.0655. The van der Waals surface area contributed by atoms with E-state index in [0.29, 0.717) is 23.3 Å². The fraction of sp³-hybridized carbons (Fsp3) is 0.400. The Hall–Kier alpha value is -2.14. The highest BCUT2D eigenvalue weighted by Crippen LogP contribution is 2.25. The first-order valence-electron chi connectivity index (χ1n) is 8.84. The quantitative estimate of drug-likeness (QED) is 0.602. The van der Waals surface area contributed by atoms with Gasteiger partial charge in [-0.1, -0.05) is 19.3 Å². The predicted molar refractivity (Wildman–Crippen MR) is 104 cm³/mol. The summed E-state index contributed by atoms with van der Waals surface area (Å²) in [5.41, 5.74) is 1.60. The summed E-state index contributed by atoms with van der Waals surface area (Å²) in [4.78, 5) is 13.6. The Balaban J connectivity index is 1.72. The number of Topliss-reactive ketones (excluding diaryl/α,β-unsaturated/α-hetero) is 1. The van der Waals surface area contributed by atoms with Crippen LogP contribution < -0.4 is 5.32 Å². The average Bonchev–Trinajstić information content (AvgIpc) is 3.14. The first-order chi connectivity index (χ1) is 12.1. The summed E-state index contributed by atoms with van der Waals surface area (Å²) in [5, 5.41) is 4.03. The molecule has 132 valence electrons. The van der Waals surface area contributed by atoms with Gasteiger partial charge in [-0.15, -0.1) is 0 Å². The second-order valence-electron chi connectivity index (χ2n) is 6.56. The van der Waals surface area contributed by atoms with E-state index < -0.39 is 0 Å². The summed E-state index contributed by atoms with van der Waals surface area (Å²) < 4.78 is 5.53. The molecule has 0 spiro atoms. The van der Waals surface area contributed by atoms with Gasteiger partial charge >= 0.3 is 0 Å². The number of carbonyl (C=O) groups is 1. The van der Waals surface area contributed by atoms with Crippen LogP contribution in [0.25, 0.3) is 0 Å². The van der Waals surface area contributed by atoms with Crippen LogP contribution in [-0.2, 0) is 6.54 Å². The van der Waals surface area contributed by atoms with Gasteiger partial charge in [0.05, 0.1) is 12.8 Å². The summed E-state index contributed by atoms with van der Waals surface area (Å²) in [6.45, 7) is 2.25. The predicted octanol–water partition coefficient (Wildman–Crippen LogP) is 5.01. The lowest BCUT2D eigenvalue weighted by Crippen LogP contribution is -2.43. The molecule has 25 heavy (non-hydrogen) atoms. The molecule has 0 bridgehead atoms. The lowest BCUT2D eigenvalue weighted by Gasteiger charge is -2.35.